The molecule has 0 bridgehead atoms. The summed E-state index contributed by atoms with van der Waals surface area (Å²) in [4.78, 5) is 31.5. The standard InChI is InChI=1S/C16H21N5O3S/c1-4-21-12(8-10(3)19-21)14(22)18-15-17-11-6-7-20(9-13(11)25-15)16(23)24-5-2/h8H,4-7,9H2,1-3H3,(H,17,18,22). The Balaban J connectivity index is 1.71. The molecule has 9 heteroatoms. The first-order chi connectivity index (χ1) is 12.0. The molecule has 0 saturated heterocycles. The van der Waals surface area contributed by atoms with Crippen LogP contribution in [0, 0.1) is 6.92 Å². The van der Waals surface area contributed by atoms with Gasteiger partial charge >= 0.3 is 6.09 Å². The molecular formula is C16H21N5O3S. The van der Waals surface area contributed by atoms with Crippen molar-refractivity contribution in [2.24, 2.45) is 0 Å². The number of nitrogens with one attached hydrogen (secondary N) is 1. The number of amides is 2. The highest BCUT2D eigenvalue weighted by molar-refractivity contribution is 7.15. The summed E-state index contributed by atoms with van der Waals surface area (Å²) in [6.45, 7) is 7.61. The lowest BCUT2D eigenvalue weighted by molar-refractivity contribution is 0.101. The van der Waals surface area contributed by atoms with Gasteiger partial charge in [0.15, 0.2) is 5.13 Å². The Bertz CT molecular complexity index is 798. The van der Waals surface area contributed by atoms with E-state index in [0.717, 1.165) is 16.3 Å². The fourth-order valence-corrected chi connectivity index (χ4v) is 3.77. The van der Waals surface area contributed by atoms with Gasteiger partial charge in [-0.2, -0.15) is 5.10 Å². The van der Waals surface area contributed by atoms with Gasteiger partial charge in [0.2, 0.25) is 0 Å². The second kappa shape index (κ2) is 7.22. The molecule has 1 aliphatic rings. The number of anilines is 1. The fourth-order valence-electron chi connectivity index (χ4n) is 2.75. The number of ether oxygens (including phenoxy) is 1. The quantitative estimate of drug-likeness (QED) is 0.901. The molecule has 0 unspecified atom stereocenters. The van der Waals surface area contributed by atoms with Crippen molar-refractivity contribution in [3.05, 3.63) is 28.0 Å². The minimum Gasteiger partial charge on any atom is -0.450 e. The van der Waals surface area contributed by atoms with Gasteiger partial charge in [-0.1, -0.05) is 11.3 Å². The lowest BCUT2D eigenvalue weighted by Crippen LogP contribution is -2.35. The molecule has 0 spiro atoms. The number of aromatic nitrogens is 3. The van der Waals surface area contributed by atoms with Crippen LogP contribution in [0.2, 0.25) is 0 Å². The summed E-state index contributed by atoms with van der Waals surface area (Å²) >= 11 is 1.40. The van der Waals surface area contributed by atoms with Crippen LogP contribution in [0.1, 0.15) is 40.6 Å². The minimum absolute atomic E-state index is 0.226. The van der Waals surface area contributed by atoms with Crippen LogP contribution in [0.3, 0.4) is 0 Å². The summed E-state index contributed by atoms with van der Waals surface area (Å²) in [5.41, 5.74) is 2.25. The molecule has 1 N–H and O–H groups in total. The number of carbonyl (C=O) groups excluding carboxylic acids is 2. The smallest absolute Gasteiger partial charge is 0.410 e. The van der Waals surface area contributed by atoms with E-state index in [1.807, 2.05) is 13.8 Å². The van der Waals surface area contributed by atoms with Crippen molar-refractivity contribution in [2.45, 2.75) is 40.3 Å². The second-order valence-electron chi connectivity index (χ2n) is 5.70. The predicted molar refractivity (Wildman–Crippen MR) is 93.8 cm³/mol. The summed E-state index contributed by atoms with van der Waals surface area (Å²) in [7, 11) is 0. The monoisotopic (exact) mass is 363 g/mol. The third kappa shape index (κ3) is 3.65. The lowest BCUT2D eigenvalue weighted by atomic mass is 10.2. The van der Waals surface area contributed by atoms with Gasteiger partial charge in [0.1, 0.15) is 5.69 Å². The number of fused-ring (bicyclic) bond motifs is 1. The molecule has 3 heterocycles. The van der Waals surface area contributed by atoms with Crippen molar-refractivity contribution in [2.75, 3.05) is 18.5 Å². The number of hydrogen-bond acceptors (Lipinski definition) is 6. The highest BCUT2D eigenvalue weighted by atomic mass is 32.1. The Morgan fingerprint density at radius 1 is 1.40 bits per heavy atom. The maximum absolute atomic E-state index is 12.5. The largest absolute Gasteiger partial charge is 0.450 e. The van der Waals surface area contributed by atoms with Gasteiger partial charge in [0.25, 0.3) is 5.91 Å². The Kier molecular flexibility index (Phi) is 5.03. The molecule has 2 aromatic heterocycles. The zero-order valence-corrected chi connectivity index (χ0v) is 15.4. The third-order valence-electron chi connectivity index (χ3n) is 3.91. The molecule has 0 atom stereocenters. The molecule has 0 aromatic carbocycles. The zero-order valence-electron chi connectivity index (χ0n) is 14.5. The van der Waals surface area contributed by atoms with Gasteiger partial charge in [0.05, 0.1) is 24.5 Å². The van der Waals surface area contributed by atoms with Gasteiger partial charge in [-0.05, 0) is 26.8 Å². The highest BCUT2D eigenvalue weighted by Crippen LogP contribution is 2.29. The van der Waals surface area contributed by atoms with Gasteiger partial charge in [0, 0.05) is 24.4 Å². The van der Waals surface area contributed by atoms with E-state index in [9.17, 15) is 9.59 Å². The number of aryl methyl sites for hydroxylation is 2. The zero-order chi connectivity index (χ0) is 18.0. The van der Waals surface area contributed by atoms with E-state index in [0.29, 0.717) is 43.5 Å². The van der Waals surface area contributed by atoms with Gasteiger partial charge in [-0.3, -0.25) is 14.8 Å². The first-order valence-electron chi connectivity index (χ1n) is 8.27. The molecule has 0 saturated carbocycles. The predicted octanol–water partition coefficient (Wildman–Crippen LogP) is 2.43. The fraction of sp³-hybridized carbons (Fsp3) is 0.500. The average Bonchev–Trinajstić information content (AvgIpc) is 3.16. The van der Waals surface area contributed by atoms with E-state index in [-0.39, 0.29) is 12.0 Å². The molecule has 1 aliphatic heterocycles. The topological polar surface area (TPSA) is 89.3 Å². The number of rotatable bonds is 4. The van der Waals surface area contributed by atoms with Crippen LogP contribution < -0.4 is 5.32 Å². The SMILES string of the molecule is CCOC(=O)N1CCc2nc(NC(=O)c3cc(C)nn3CC)sc2C1. The van der Waals surface area contributed by atoms with Gasteiger partial charge in [-0.25, -0.2) is 9.78 Å². The lowest BCUT2D eigenvalue weighted by Gasteiger charge is -2.24. The number of hydrogen-bond donors (Lipinski definition) is 1. The Hall–Kier alpha value is -2.42. The van der Waals surface area contributed by atoms with Crippen LogP contribution in [0.15, 0.2) is 6.07 Å². The van der Waals surface area contributed by atoms with Gasteiger partial charge < -0.3 is 9.64 Å². The van der Waals surface area contributed by atoms with E-state index < -0.39 is 0 Å². The summed E-state index contributed by atoms with van der Waals surface area (Å²) in [5, 5.41) is 7.67. The molecule has 134 valence electrons. The van der Waals surface area contributed by atoms with Crippen molar-refractivity contribution < 1.29 is 14.3 Å². The van der Waals surface area contributed by atoms with E-state index in [4.69, 9.17) is 4.74 Å². The maximum Gasteiger partial charge on any atom is 0.410 e. The Morgan fingerprint density at radius 2 is 2.20 bits per heavy atom. The normalized spacial score (nSPS) is 13.5. The summed E-state index contributed by atoms with van der Waals surface area (Å²) in [6, 6.07) is 1.76. The summed E-state index contributed by atoms with van der Waals surface area (Å²) in [5.74, 6) is -0.226. The van der Waals surface area contributed by atoms with Crippen LogP contribution in [0.4, 0.5) is 9.93 Å². The van der Waals surface area contributed by atoms with Crippen LogP contribution in [-0.4, -0.2) is 44.8 Å². The first-order valence-corrected chi connectivity index (χ1v) is 9.09. The van der Waals surface area contributed by atoms with Crippen molar-refractivity contribution >= 4 is 28.5 Å². The average molecular weight is 363 g/mol. The molecule has 2 aromatic rings. The number of carbonyl (C=O) groups is 2. The van der Waals surface area contributed by atoms with Crippen molar-refractivity contribution in [3.63, 3.8) is 0 Å². The molecular weight excluding hydrogens is 342 g/mol. The summed E-state index contributed by atoms with van der Waals surface area (Å²) < 4.78 is 6.71. The Labute approximate surface area is 149 Å². The third-order valence-corrected chi connectivity index (χ3v) is 4.91. The van der Waals surface area contributed by atoms with E-state index in [1.165, 1.54) is 11.3 Å². The molecule has 0 radical (unpaired) electrons. The van der Waals surface area contributed by atoms with Gasteiger partial charge in [-0.15, -0.1) is 0 Å². The number of thiazole rings is 1. The van der Waals surface area contributed by atoms with E-state index in [2.05, 4.69) is 15.4 Å². The molecule has 25 heavy (non-hydrogen) atoms. The second-order valence-corrected chi connectivity index (χ2v) is 6.78. The highest BCUT2D eigenvalue weighted by Gasteiger charge is 2.25. The first kappa shape index (κ1) is 17.4. The van der Waals surface area contributed by atoms with Crippen molar-refractivity contribution in [1.82, 2.24) is 19.7 Å². The van der Waals surface area contributed by atoms with Crippen LogP contribution in [-0.2, 0) is 24.2 Å². The van der Waals surface area contributed by atoms with Crippen LogP contribution in [0.5, 0.6) is 0 Å². The summed E-state index contributed by atoms with van der Waals surface area (Å²) in [6.07, 6.45) is 0.349. The molecule has 0 aliphatic carbocycles. The van der Waals surface area contributed by atoms with Crippen molar-refractivity contribution in [1.29, 1.82) is 0 Å². The molecule has 3 rings (SSSR count). The van der Waals surface area contributed by atoms with Crippen molar-refractivity contribution in [3.8, 4) is 0 Å². The molecule has 8 nitrogen and oxygen atoms in total. The van der Waals surface area contributed by atoms with Crippen LogP contribution in [0.25, 0.3) is 0 Å². The van der Waals surface area contributed by atoms with E-state index in [1.54, 1.807) is 22.6 Å². The van der Waals surface area contributed by atoms with E-state index >= 15 is 0 Å². The molecule has 2 amide bonds. The Morgan fingerprint density at radius 3 is 2.92 bits per heavy atom. The maximum atomic E-state index is 12.5. The minimum atomic E-state index is -0.311. The van der Waals surface area contributed by atoms with Crippen LogP contribution >= 0.6 is 11.3 Å². The molecule has 0 fully saturated rings. The number of nitrogens with zero attached hydrogens (tertiary/aromatic N) is 4.